The molecule has 3 rings (SSSR count). The first-order valence-electron chi connectivity index (χ1n) is 12.8. The Labute approximate surface area is 244 Å². The number of anilines is 1. The Morgan fingerprint density at radius 1 is 0.925 bits per heavy atom. The molecule has 0 heterocycles. The quantitative estimate of drug-likeness (QED) is 0.295. The zero-order valence-corrected chi connectivity index (χ0v) is 25.4. The highest BCUT2D eigenvalue weighted by Gasteiger charge is 2.32. The molecule has 3 aromatic rings. The van der Waals surface area contributed by atoms with Crippen molar-refractivity contribution in [3.05, 3.63) is 82.8 Å². The van der Waals surface area contributed by atoms with Crippen molar-refractivity contribution in [1.29, 1.82) is 0 Å². The van der Waals surface area contributed by atoms with E-state index in [1.54, 1.807) is 81.6 Å². The van der Waals surface area contributed by atoms with Crippen LogP contribution in [0.15, 0.2) is 82.2 Å². The molecule has 1 N–H and O–H groups in total. The maximum Gasteiger partial charge on any atom is 0.264 e. The zero-order valence-electron chi connectivity index (χ0n) is 23.0. The van der Waals surface area contributed by atoms with Crippen LogP contribution >= 0.6 is 15.9 Å². The number of carbonyl (C=O) groups excluding carboxylic acids is 2. The number of sulfonamides is 1. The maximum atomic E-state index is 13.9. The molecule has 9 nitrogen and oxygen atoms in total. The number of ether oxygens (including phenoxy) is 2. The van der Waals surface area contributed by atoms with Crippen molar-refractivity contribution in [2.75, 3.05) is 31.1 Å². The molecule has 1 atom stereocenters. The van der Waals surface area contributed by atoms with Gasteiger partial charge in [-0.1, -0.05) is 28.1 Å². The van der Waals surface area contributed by atoms with Gasteiger partial charge in [0.2, 0.25) is 11.8 Å². The van der Waals surface area contributed by atoms with Gasteiger partial charge in [0.1, 0.15) is 24.1 Å². The molecule has 0 saturated heterocycles. The summed E-state index contributed by atoms with van der Waals surface area (Å²) in [6.07, 6.45) is 0. The van der Waals surface area contributed by atoms with Gasteiger partial charge in [-0.25, -0.2) is 8.42 Å². The Morgan fingerprint density at radius 2 is 1.52 bits per heavy atom. The summed E-state index contributed by atoms with van der Waals surface area (Å²) in [7, 11) is -2.60. The molecule has 0 aliphatic rings. The average molecular weight is 633 g/mol. The fourth-order valence-electron chi connectivity index (χ4n) is 3.97. The van der Waals surface area contributed by atoms with Crippen molar-refractivity contribution in [3.63, 3.8) is 0 Å². The predicted molar refractivity (Wildman–Crippen MR) is 158 cm³/mol. The first-order valence-corrected chi connectivity index (χ1v) is 15.0. The van der Waals surface area contributed by atoms with Gasteiger partial charge in [0.25, 0.3) is 10.0 Å². The molecule has 214 valence electrons. The number of methoxy groups -OCH3 is 1. The van der Waals surface area contributed by atoms with Gasteiger partial charge in [-0.3, -0.25) is 13.9 Å². The summed E-state index contributed by atoms with van der Waals surface area (Å²) in [5.74, 6) is 0.349. The number of hydrogen-bond donors (Lipinski definition) is 1. The molecule has 0 aliphatic carbocycles. The lowest BCUT2D eigenvalue weighted by atomic mass is 10.1. The molecular weight excluding hydrogens is 598 g/mol. The molecule has 40 heavy (non-hydrogen) atoms. The molecular formula is C29H34BrN3O6S. The van der Waals surface area contributed by atoms with Crippen LogP contribution < -0.4 is 19.1 Å². The van der Waals surface area contributed by atoms with Crippen LogP contribution in [-0.4, -0.2) is 58.0 Å². The lowest BCUT2D eigenvalue weighted by molar-refractivity contribution is -0.139. The summed E-state index contributed by atoms with van der Waals surface area (Å²) in [5.41, 5.74) is 1.04. The van der Waals surface area contributed by atoms with Gasteiger partial charge in [0.05, 0.1) is 24.3 Å². The van der Waals surface area contributed by atoms with Crippen molar-refractivity contribution < 1.29 is 27.5 Å². The number of halogens is 1. The Hall–Kier alpha value is -3.57. The minimum absolute atomic E-state index is 0.0239. The second kappa shape index (κ2) is 14.2. The molecule has 0 aliphatic heterocycles. The molecule has 0 aromatic heterocycles. The minimum atomic E-state index is -4.16. The topological polar surface area (TPSA) is 105 Å². The molecule has 0 unspecified atom stereocenters. The number of nitrogens with zero attached hydrogens (tertiary/aromatic N) is 2. The minimum Gasteiger partial charge on any atom is -0.497 e. The average Bonchev–Trinajstić information content (AvgIpc) is 2.95. The first kappa shape index (κ1) is 31.0. The second-order valence-corrected chi connectivity index (χ2v) is 11.6. The van der Waals surface area contributed by atoms with E-state index in [2.05, 4.69) is 21.2 Å². The molecule has 2 amide bonds. The number of nitrogens with one attached hydrogen (secondary N) is 1. The van der Waals surface area contributed by atoms with E-state index in [0.29, 0.717) is 24.7 Å². The molecule has 0 radical (unpaired) electrons. The first-order chi connectivity index (χ1) is 19.1. The van der Waals surface area contributed by atoms with Gasteiger partial charge in [-0.15, -0.1) is 0 Å². The van der Waals surface area contributed by atoms with Crippen LogP contribution in [-0.2, 0) is 26.2 Å². The third-order valence-electron chi connectivity index (χ3n) is 6.15. The van der Waals surface area contributed by atoms with Crippen LogP contribution in [0.1, 0.15) is 26.3 Å². The van der Waals surface area contributed by atoms with E-state index in [0.717, 1.165) is 14.3 Å². The van der Waals surface area contributed by atoms with Crippen molar-refractivity contribution >= 4 is 43.5 Å². The molecule has 11 heteroatoms. The Morgan fingerprint density at radius 3 is 2.08 bits per heavy atom. The number of likely N-dealkylation sites (N-methyl/N-ethyl adjacent to an activating group) is 1. The van der Waals surface area contributed by atoms with Crippen LogP contribution in [0.4, 0.5) is 5.69 Å². The molecule has 0 saturated carbocycles. The van der Waals surface area contributed by atoms with Gasteiger partial charge >= 0.3 is 0 Å². The second-order valence-electron chi connectivity index (χ2n) is 8.83. The van der Waals surface area contributed by atoms with Crippen molar-refractivity contribution in [2.45, 2.75) is 38.3 Å². The summed E-state index contributed by atoms with van der Waals surface area (Å²) in [6, 6.07) is 18.9. The smallest absolute Gasteiger partial charge is 0.264 e. The Bertz CT molecular complexity index is 1380. The van der Waals surface area contributed by atoms with Crippen LogP contribution in [0.25, 0.3) is 0 Å². The number of rotatable bonds is 13. The lowest BCUT2D eigenvalue weighted by Crippen LogP contribution is -2.51. The molecule has 0 fully saturated rings. The summed E-state index contributed by atoms with van der Waals surface area (Å²) in [5, 5.41) is 2.75. The van der Waals surface area contributed by atoms with E-state index in [1.165, 1.54) is 17.0 Å². The predicted octanol–water partition coefficient (Wildman–Crippen LogP) is 4.61. The highest BCUT2D eigenvalue weighted by Crippen LogP contribution is 2.27. The van der Waals surface area contributed by atoms with E-state index in [1.807, 2.05) is 6.92 Å². The van der Waals surface area contributed by atoms with Crippen molar-refractivity contribution in [3.8, 4) is 11.5 Å². The Balaban J connectivity index is 2.02. The number of amides is 2. The number of carbonyl (C=O) groups is 2. The summed E-state index contributed by atoms with van der Waals surface area (Å²) in [4.78, 5) is 28.1. The third kappa shape index (κ3) is 7.76. The highest BCUT2D eigenvalue weighted by molar-refractivity contribution is 9.10. The van der Waals surface area contributed by atoms with Gasteiger partial charge in [0.15, 0.2) is 0 Å². The van der Waals surface area contributed by atoms with Gasteiger partial charge in [-0.05, 0) is 87.0 Å². The van der Waals surface area contributed by atoms with Crippen molar-refractivity contribution in [1.82, 2.24) is 10.2 Å². The zero-order chi connectivity index (χ0) is 29.3. The fourth-order valence-corrected chi connectivity index (χ4v) is 5.65. The normalized spacial score (nSPS) is 11.8. The van der Waals surface area contributed by atoms with E-state index in [4.69, 9.17) is 9.47 Å². The third-order valence-corrected chi connectivity index (χ3v) is 8.46. The Kier molecular flexibility index (Phi) is 11.0. The van der Waals surface area contributed by atoms with Crippen LogP contribution in [0.2, 0.25) is 0 Å². The van der Waals surface area contributed by atoms with Crippen LogP contribution in [0, 0.1) is 0 Å². The van der Waals surface area contributed by atoms with E-state index in [9.17, 15) is 18.0 Å². The summed E-state index contributed by atoms with van der Waals surface area (Å²) >= 11 is 3.33. The highest BCUT2D eigenvalue weighted by atomic mass is 79.9. The number of hydrogen-bond acceptors (Lipinski definition) is 6. The van der Waals surface area contributed by atoms with E-state index < -0.39 is 28.5 Å². The van der Waals surface area contributed by atoms with Gasteiger partial charge in [-0.2, -0.15) is 0 Å². The van der Waals surface area contributed by atoms with Crippen LogP contribution in [0.3, 0.4) is 0 Å². The standard InChI is InChI=1S/C29H34BrN3O6S/c1-5-31-29(35)21(3)32(19-22-7-13-25(38-4)14-8-22)28(34)20-33(24-11-15-26(16-12-24)39-6-2)40(36,37)27-17-9-23(30)10-18-27/h7-18,21H,5-6,19-20H2,1-4H3,(H,31,35)/t21-/m0/s1. The van der Waals surface area contributed by atoms with E-state index >= 15 is 0 Å². The molecule has 0 spiro atoms. The summed E-state index contributed by atoms with van der Waals surface area (Å²) < 4.78 is 40.2. The van der Waals surface area contributed by atoms with Gasteiger partial charge in [0, 0.05) is 17.6 Å². The molecule has 3 aromatic carbocycles. The van der Waals surface area contributed by atoms with E-state index in [-0.39, 0.29) is 23.0 Å². The fraction of sp³-hybridized carbons (Fsp3) is 0.310. The largest absolute Gasteiger partial charge is 0.497 e. The number of benzene rings is 3. The monoisotopic (exact) mass is 631 g/mol. The van der Waals surface area contributed by atoms with Crippen molar-refractivity contribution in [2.24, 2.45) is 0 Å². The maximum absolute atomic E-state index is 13.9. The SMILES string of the molecule is CCNC(=O)[C@H](C)N(Cc1ccc(OC)cc1)C(=O)CN(c1ccc(OCC)cc1)S(=O)(=O)c1ccc(Br)cc1. The molecule has 0 bridgehead atoms. The summed E-state index contributed by atoms with van der Waals surface area (Å²) in [6.45, 7) is 5.68. The lowest BCUT2D eigenvalue weighted by Gasteiger charge is -2.32. The van der Waals surface area contributed by atoms with Crippen LogP contribution in [0.5, 0.6) is 11.5 Å². The van der Waals surface area contributed by atoms with Gasteiger partial charge < -0.3 is 19.7 Å².